The van der Waals surface area contributed by atoms with Crippen LogP contribution in [0.5, 0.6) is 0 Å². The molecule has 0 aromatic carbocycles. The molecule has 0 amide bonds. The molecule has 0 aliphatic carbocycles. The number of hydrogen-bond acceptors (Lipinski definition) is 6. The lowest BCUT2D eigenvalue weighted by atomic mass is 9.99. The molecular formula is C15H19N3O2S. The molecule has 4 heterocycles. The highest BCUT2D eigenvalue weighted by atomic mass is 32.1. The van der Waals surface area contributed by atoms with Crippen LogP contribution >= 0.6 is 11.3 Å². The van der Waals surface area contributed by atoms with Gasteiger partial charge in [-0.1, -0.05) is 6.07 Å². The summed E-state index contributed by atoms with van der Waals surface area (Å²) in [5.74, 6) is 1.25. The molecule has 2 aromatic rings. The molecule has 0 unspecified atom stereocenters. The van der Waals surface area contributed by atoms with Crippen molar-refractivity contribution in [1.29, 1.82) is 0 Å². The van der Waals surface area contributed by atoms with Gasteiger partial charge in [-0.25, -0.2) is 0 Å². The van der Waals surface area contributed by atoms with Crippen LogP contribution in [0, 0.1) is 6.92 Å². The van der Waals surface area contributed by atoms with Crippen molar-refractivity contribution in [3.05, 3.63) is 34.2 Å². The van der Waals surface area contributed by atoms with E-state index < -0.39 is 0 Å². The minimum absolute atomic E-state index is 0.0193. The van der Waals surface area contributed by atoms with E-state index in [9.17, 15) is 0 Å². The first-order chi connectivity index (χ1) is 10.3. The summed E-state index contributed by atoms with van der Waals surface area (Å²) in [6.45, 7) is 3.98. The van der Waals surface area contributed by atoms with Gasteiger partial charge in [0.05, 0.1) is 6.10 Å². The Bertz CT molecular complexity index is 598. The molecule has 2 saturated heterocycles. The van der Waals surface area contributed by atoms with Crippen molar-refractivity contribution in [2.75, 3.05) is 6.54 Å². The SMILES string of the molecule is Cc1nnc([C@@H]2CC[C@H]3[C@H](CCN3Cc3cccs3)O2)o1. The van der Waals surface area contributed by atoms with Gasteiger partial charge in [0.15, 0.2) is 0 Å². The Morgan fingerprint density at radius 1 is 1.33 bits per heavy atom. The molecular weight excluding hydrogens is 286 g/mol. The first-order valence-corrected chi connectivity index (χ1v) is 8.39. The first kappa shape index (κ1) is 13.4. The summed E-state index contributed by atoms with van der Waals surface area (Å²) in [4.78, 5) is 4.00. The molecule has 0 spiro atoms. The van der Waals surface area contributed by atoms with Crippen LogP contribution in [-0.4, -0.2) is 33.8 Å². The standard InChI is InChI=1S/C15H19N3O2S/c1-10-16-17-15(19-10)14-5-4-12-13(20-14)6-7-18(12)9-11-3-2-8-21-11/h2-3,8,12-14H,4-7,9H2,1H3/t12-,13-,14-/m0/s1. The van der Waals surface area contributed by atoms with Gasteiger partial charge in [-0.3, -0.25) is 4.90 Å². The molecule has 21 heavy (non-hydrogen) atoms. The molecule has 2 aliphatic rings. The Labute approximate surface area is 127 Å². The van der Waals surface area contributed by atoms with E-state index in [1.165, 1.54) is 4.88 Å². The fraction of sp³-hybridized carbons (Fsp3) is 0.600. The highest BCUT2D eigenvalue weighted by Crippen LogP contribution is 2.38. The van der Waals surface area contributed by atoms with Gasteiger partial charge >= 0.3 is 0 Å². The minimum atomic E-state index is -0.0193. The molecule has 2 fully saturated rings. The summed E-state index contributed by atoms with van der Waals surface area (Å²) in [5.41, 5.74) is 0. The third kappa shape index (κ3) is 2.63. The number of aryl methyl sites for hydroxylation is 1. The molecule has 2 aliphatic heterocycles. The minimum Gasteiger partial charge on any atom is -0.423 e. The molecule has 5 nitrogen and oxygen atoms in total. The maximum Gasteiger partial charge on any atom is 0.245 e. The van der Waals surface area contributed by atoms with Crippen LogP contribution in [0.1, 0.15) is 42.0 Å². The number of nitrogens with zero attached hydrogens (tertiary/aromatic N) is 3. The normalized spacial score (nSPS) is 29.7. The largest absolute Gasteiger partial charge is 0.423 e. The second-order valence-corrected chi connectivity index (χ2v) is 6.84. The van der Waals surface area contributed by atoms with Crippen LogP contribution in [-0.2, 0) is 11.3 Å². The highest BCUT2D eigenvalue weighted by Gasteiger charge is 2.41. The average Bonchev–Trinajstić information content (AvgIpc) is 3.21. The van der Waals surface area contributed by atoms with Crippen LogP contribution in [0.25, 0.3) is 0 Å². The van der Waals surface area contributed by atoms with E-state index in [0.717, 1.165) is 32.4 Å². The van der Waals surface area contributed by atoms with Crippen LogP contribution < -0.4 is 0 Å². The van der Waals surface area contributed by atoms with E-state index >= 15 is 0 Å². The third-order valence-electron chi connectivity index (χ3n) is 4.42. The zero-order chi connectivity index (χ0) is 14.2. The summed E-state index contributed by atoms with van der Waals surface area (Å²) < 4.78 is 11.7. The predicted octanol–water partition coefficient (Wildman–Crippen LogP) is 2.93. The lowest BCUT2D eigenvalue weighted by Gasteiger charge is -2.34. The van der Waals surface area contributed by atoms with Gasteiger partial charge in [-0.2, -0.15) is 0 Å². The van der Waals surface area contributed by atoms with Gasteiger partial charge in [0.1, 0.15) is 6.10 Å². The summed E-state index contributed by atoms with van der Waals surface area (Å²) in [7, 11) is 0. The van der Waals surface area contributed by atoms with Crippen molar-refractivity contribution in [2.24, 2.45) is 0 Å². The molecule has 3 atom stereocenters. The number of aromatic nitrogens is 2. The van der Waals surface area contributed by atoms with Crippen molar-refractivity contribution >= 4 is 11.3 Å². The second kappa shape index (κ2) is 5.51. The van der Waals surface area contributed by atoms with Crippen molar-refractivity contribution in [3.63, 3.8) is 0 Å². The van der Waals surface area contributed by atoms with E-state index in [-0.39, 0.29) is 6.10 Å². The number of rotatable bonds is 3. The number of likely N-dealkylation sites (tertiary alicyclic amines) is 1. The monoisotopic (exact) mass is 305 g/mol. The Balaban J connectivity index is 1.42. The molecule has 2 aromatic heterocycles. The van der Waals surface area contributed by atoms with E-state index in [1.54, 1.807) is 0 Å². The van der Waals surface area contributed by atoms with Gasteiger partial charge in [-0.15, -0.1) is 21.5 Å². The summed E-state index contributed by atoms with van der Waals surface area (Å²) >= 11 is 1.83. The van der Waals surface area contributed by atoms with E-state index in [2.05, 4.69) is 32.6 Å². The molecule has 0 saturated carbocycles. The number of ether oxygens (including phenoxy) is 1. The fourth-order valence-electron chi connectivity index (χ4n) is 3.44. The van der Waals surface area contributed by atoms with E-state index in [4.69, 9.17) is 9.15 Å². The Kier molecular flexibility index (Phi) is 3.52. The molecule has 0 N–H and O–H groups in total. The predicted molar refractivity (Wildman–Crippen MR) is 79.0 cm³/mol. The van der Waals surface area contributed by atoms with E-state index in [0.29, 0.717) is 23.9 Å². The lowest BCUT2D eigenvalue weighted by molar-refractivity contribution is -0.0817. The lowest BCUT2D eigenvalue weighted by Crippen LogP contribution is -2.40. The van der Waals surface area contributed by atoms with Crippen molar-refractivity contribution in [2.45, 2.75) is 51.0 Å². The zero-order valence-electron chi connectivity index (χ0n) is 12.1. The topological polar surface area (TPSA) is 51.4 Å². The maximum absolute atomic E-state index is 6.22. The first-order valence-electron chi connectivity index (χ1n) is 7.51. The number of thiophene rings is 1. The molecule has 112 valence electrons. The molecule has 4 rings (SSSR count). The highest BCUT2D eigenvalue weighted by molar-refractivity contribution is 7.09. The zero-order valence-corrected chi connectivity index (χ0v) is 12.9. The van der Waals surface area contributed by atoms with Crippen LogP contribution in [0.2, 0.25) is 0 Å². The summed E-state index contributed by atoms with van der Waals surface area (Å²) in [6, 6.07) is 4.87. The van der Waals surface area contributed by atoms with E-state index in [1.807, 2.05) is 18.3 Å². The van der Waals surface area contributed by atoms with Gasteiger partial charge in [-0.05, 0) is 30.7 Å². The van der Waals surface area contributed by atoms with Gasteiger partial charge in [0.25, 0.3) is 0 Å². The molecule has 0 bridgehead atoms. The quantitative estimate of drug-likeness (QED) is 0.872. The van der Waals surface area contributed by atoms with Crippen LogP contribution in [0.3, 0.4) is 0 Å². The van der Waals surface area contributed by atoms with Crippen molar-refractivity contribution in [1.82, 2.24) is 15.1 Å². The molecule has 6 heteroatoms. The molecule has 0 radical (unpaired) electrons. The van der Waals surface area contributed by atoms with Crippen LogP contribution in [0.4, 0.5) is 0 Å². The van der Waals surface area contributed by atoms with Gasteiger partial charge in [0, 0.05) is 30.9 Å². The summed E-state index contributed by atoms with van der Waals surface area (Å²) in [6.07, 6.45) is 3.48. The third-order valence-corrected chi connectivity index (χ3v) is 5.28. The fourth-order valence-corrected chi connectivity index (χ4v) is 4.17. The van der Waals surface area contributed by atoms with Gasteiger partial charge in [0.2, 0.25) is 11.8 Å². The van der Waals surface area contributed by atoms with Crippen molar-refractivity contribution in [3.8, 4) is 0 Å². The number of hydrogen-bond donors (Lipinski definition) is 0. The second-order valence-electron chi connectivity index (χ2n) is 5.81. The van der Waals surface area contributed by atoms with Crippen molar-refractivity contribution < 1.29 is 9.15 Å². The smallest absolute Gasteiger partial charge is 0.245 e. The van der Waals surface area contributed by atoms with Crippen LogP contribution in [0.15, 0.2) is 21.9 Å². The summed E-state index contributed by atoms with van der Waals surface area (Å²) in [5, 5.41) is 10.2. The maximum atomic E-state index is 6.22. The number of fused-ring (bicyclic) bond motifs is 1. The van der Waals surface area contributed by atoms with Gasteiger partial charge < -0.3 is 9.15 Å². The average molecular weight is 305 g/mol. The Morgan fingerprint density at radius 2 is 2.29 bits per heavy atom. The Morgan fingerprint density at radius 3 is 3.05 bits per heavy atom. The Hall–Kier alpha value is -1.24.